The van der Waals surface area contributed by atoms with Gasteiger partial charge in [0.15, 0.2) is 0 Å². The van der Waals surface area contributed by atoms with Crippen LogP contribution in [-0.2, 0) is 0 Å². The van der Waals surface area contributed by atoms with Gasteiger partial charge in [-0.3, -0.25) is 0 Å². The van der Waals surface area contributed by atoms with Crippen LogP contribution >= 0.6 is 11.6 Å². The van der Waals surface area contributed by atoms with Gasteiger partial charge in [-0.05, 0) is 49.3 Å². The van der Waals surface area contributed by atoms with E-state index in [1.54, 1.807) is 6.07 Å². The molecule has 18 heavy (non-hydrogen) atoms. The molecular weight excluding hydrogens is 249 g/mol. The summed E-state index contributed by atoms with van der Waals surface area (Å²) >= 11 is 5.89. The van der Waals surface area contributed by atoms with Gasteiger partial charge in [0.05, 0.1) is 0 Å². The molecule has 1 atom stereocenters. The zero-order chi connectivity index (χ0) is 12.6. The summed E-state index contributed by atoms with van der Waals surface area (Å²) in [5.41, 5.74) is 1.31. The standard InChI is InChI=1S/C15H19ClFN/c16-11-8-12(17)10-13(9-11)18-14-4-7-15(14)5-2-1-3-6-15/h8-10,14,18H,1-7H2. The lowest BCUT2D eigenvalue weighted by molar-refractivity contribution is 0.0571. The Bertz CT molecular complexity index is 420. The number of hydrogen-bond donors (Lipinski definition) is 1. The molecule has 2 aliphatic rings. The molecular formula is C15H19ClFN. The molecule has 2 aliphatic carbocycles. The maximum atomic E-state index is 13.3. The van der Waals surface area contributed by atoms with E-state index in [4.69, 9.17) is 11.6 Å². The van der Waals surface area contributed by atoms with Crippen LogP contribution in [0.1, 0.15) is 44.9 Å². The van der Waals surface area contributed by atoms with Crippen molar-refractivity contribution in [3.8, 4) is 0 Å². The topological polar surface area (TPSA) is 12.0 Å². The van der Waals surface area contributed by atoms with Gasteiger partial charge in [-0.25, -0.2) is 4.39 Å². The highest BCUT2D eigenvalue weighted by molar-refractivity contribution is 6.30. The third-order valence-corrected chi connectivity index (χ3v) is 4.94. The molecule has 0 saturated heterocycles. The molecule has 1 aromatic carbocycles. The molecule has 1 aromatic rings. The Kier molecular flexibility index (Phi) is 3.23. The van der Waals surface area contributed by atoms with Crippen LogP contribution in [-0.4, -0.2) is 6.04 Å². The largest absolute Gasteiger partial charge is 0.382 e. The van der Waals surface area contributed by atoms with Gasteiger partial charge in [0.25, 0.3) is 0 Å². The van der Waals surface area contributed by atoms with Crippen LogP contribution in [0.3, 0.4) is 0 Å². The lowest BCUT2D eigenvalue weighted by Gasteiger charge is -2.52. The fraction of sp³-hybridized carbons (Fsp3) is 0.600. The first-order valence-corrected chi connectivity index (χ1v) is 7.28. The van der Waals surface area contributed by atoms with E-state index in [-0.39, 0.29) is 5.82 Å². The van der Waals surface area contributed by atoms with Crippen molar-refractivity contribution in [3.63, 3.8) is 0 Å². The lowest BCUT2D eigenvalue weighted by atomic mass is 9.57. The summed E-state index contributed by atoms with van der Waals surface area (Å²) in [4.78, 5) is 0. The predicted molar refractivity (Wildman–Crippen MR) is 73.6 cm³/mol. The Labute approximate surface area is 113 Å². The van der Waals surface area contributed by atoms with E-state index in [1.165, 1.54) is 51.0 Å². The number of halogens is 2. The van der Waals surface area contributed by atoms with E-state index in [0.717, 1.165) is 5.69 Å². The normalized spacial score (nSPS) is 25.8. The molecule has 2 fully saturated rings. The Hall–Kier alpha value is -0.760. The summed E-state index contributed by atoms with van der Waals surface area (Å²) in [6.45, 7) is 0. The SMILES string of the molecule is Fc1cc(Cl)cc(NC2CCC23CCCCC3)c1. The van der Waals surface area contributed by atoms with Gasteiger partial charge < -0.3 is 5.32 Å². The number of rotatable bonds is 2. The zero-order valence-corrected chi connectivity index (χ0v) is 11.3. The number of hydrogen-bond acceptors (Lipinski definition) is 1. The highest BCUT2D eigenvalue weighted by atomic mass is 35.5. The minimum Gasteiger partial charge on any atom is -0.382 e. The molecule has 0 amide bonds. The average molecular weight is 268 g/mol. The van der Waals surface area contributed by atoms with E-state index in [0.29, 0.717) is 16.5 Å². The fourth-order valence-corrected chi connectivity index (χ4v) is 3.84. The highest BCUT2D eigenvalue weighted by Gasteiger charge is 2.46. The van der Waals surface area contributed by atoms with Crippen molar-refractivity contribution in [2.24, 2.45) is 5.41 Å². The number of benzene rings is 1. The summed E-state index contributed by atoms with van der Waals surface area (Å²) < 4.78 is 13.3. The van der Waals surface area contributed by atoms with Crippen molar-refractivity contribution in [1.29, 1.82) is 0 Å². The van der Waals surface area contributed by atoms with E-state index in [2.05, 4.69) is 5.32 Å². The van der Waals surface area contributed by atoms with Crippen molar-refractivity contribution in [2.75, 3.05) is 5.32 Å². The quantitative estimate of drug-likeness (QED) is 0.795. The third kappa shape index (κ3) is 2.23. The molecule has 1 nitrogen and oxygen atoms in total. The second-order valence-corrected chi connectivity index (χ2v) is 6.25. The summed E-state index contributed by atoms with van der Waals surface area (Å²) in [5.74, 6) is -0.262. The van der Waals surface area contributed by atoms with E-state index in [1.807, 2.05) is 6.07 Å². The van der Waals surface area contributed by atoms with Crippen molar-refractivity contribution < 1.29 is 4.39 Å². The number of nitrogens with one attached hydrogen (secondary N) is 1. The average Bonchev–Trinajstić information content (AvgIpc) is 2.35. The molecule has 1 spiro atoms. The molecule has 0 radical (unpaired) electrons. The van der Waals surface area contributed by atoms with Crippen molar-refractivity contribution in [1.82, 2.24) is 0 Å². The molecule has 3 rings (SSSR count). The zero-order valence-electron chi connectivity index (χ0n) is 10.5. The summed E-state index contributed by atoms with van der Waals surface area (Å²) in [6, 6.07) is 5.22. The first kappa shape index (κ1) is 12.3. The van der Waals surface area contributed by atoms with Gasteiger partial charge in [-0.2, -0.15) is 0 Å². The van der Waals surface area contributed by atoms with Gasteiger partial charge in [-0.15, -0.1) is 0 Å². The molecule has 1 N–H and O–H groups in total. The minimum atomic E-state index is -0.262. The van der Waals surface area contributed by atoms with Gasteiger partial charge >= 0.3 is 0 Å². The molecule has 0 heterocycles. The first-order valence-electron chi connectivity index (χ1n) is 6.91. The van der Waals surface area contributed by atoms with Crippen molar-refractivity contribution in [3.05, 3.63) is 29.0 Å². The van der Waals surface area contributed by atoms with E-state index < -0.39 is 0 Å². The molecule has 0 aliphatic heterocycles. The smallest absolute Gasteiger partial charge is 0.126 e. The van der Waals surface area contributed by atoms with Gasteiger partial charge in [0.2, 0.25) is 0 Å². The molecule has 3 heteroatoms. The highest BCUT2D eigenvalue weighted by Crippen LogP contribution is 2.52. The Morgan fingerprint density at radius 2 is 1.89 bits per heavy atom. The maximum absolute atomic E-state index is 13.3. The van der Waals surface area contributed by atoms with Gasteiger partial charge in [0.1, 0.15) is 5.82 Å². The first-order chi connectivity index (χ1) is 8.68. The van der Waals surface area contributed by atoms with E-state index >= 15 is 0 Å². The van der Waals surface area contributed by atoms with Crippen molar-refractivity contribution >= 4 is 17.3 Å². The second kappa shape index (κ2) is 4.73. The Morgan fingerprint density at radius 1 is 1.11 bits per heavy atom. The summed E-state index contributed by atoms with van der Waals surface area (Å²) in [5, 5.41) is 3.96. The summed E-state index contributed by atoms with van der Waals surface area (Å²) in [6.07, 6.45) is 9.26. The number of anilines is 1. The Balaban J connectivity index is 1.72. The Morgan fingerprint density at radius 3 is 2.50 bits per heavy atom. The van der Waals surface area contributed by atoms with Gasteiger partial charge in [-0.1, -0.05) is 30.9 Å². The molecule has 2 saturated carbocycles. The van der Waals surface area contributed by atoms with Crippen LogP contribution in [0.5, 0.6) is 0 Å². The van der Waals surface area contributed by atoms with Crippen LogP contribution in [0, 0.1) is 11.2 Å². The minimum absolute atomic E-state index is 0.262. The lowest BCUT2D eigenvalue weighted by Crippen LogP contribution is -2.50. The van der Waals surface area contributed by atoms with Crippen molar-refractivity contribution in [2.45, 2.75) is 51.0 Å². The van der Waals surface area contributed by atoms with Crippen LogP contribution < -0.4 is 5.32 Å². The van der Waals surface area contributed by atoms with E-state index in [9.17, 15) is 4.39 Å². The van der Waals surface area contributed by atoms with Crippen LogP contribution in [0.2, 0.25) is 5.02 Å². The second-order valence-electron chi connectivity index (χ2n) is 5.82. The monoisotopic (exact) mass is 267 g/mol. The van der Waals surface area contributed by atoms with Gasteiger partial charge in [0, 0.05) is 16.8 Å². The van der Waals surface area contributed by atoms with Crippen LogP contribution in [0.25, 0.3) is 0 Å². The fourth-order valence-electron chi connectivity index (χ4n) is 3.61. The third-order valence-electron chi connectivity index (χ3n) is 4.72. The van der Waals surface area contributed by atoms with Crippen LogP contribution in [0.4, 0.5) is 10.1 Å². The molecule has 1 unspecified atom stereocenters. The molecule has 98 valence electrons. The molecule has 0 aromatic heterocycles. The molecule has 0 bridgehead atoms. The predicted octanol–water partition coefficient (Wildman–Crippen LogP) is 5.00. The maximum Gasteiger partial charge on any atom is 0.126 e. The van der Waals surface area contributed by atoms with Crippen LogP contribution in [0.15, 0.2) is 18.2 Å². The summed E-state index contributed by atoms with van der Waals surface area (Å²) in [7, 11) is 0.